The Bertz CT molecular complexity index is 702. The van der Waals surface area contributed by atoms with E-state index in [9.17, 15) is 9.59 Å². The quantitative estimate of drug-likeness (QED) is 0.516. The number of esters is 1. The van der Waals surface area contributed by atoms with E-state index in [0.29, 0.717) is 17.8 Å². The summed E-state index contributed by atoms with van der Waals surface area (Å²) in [5.74, 6) is 2.11. The van der Waals surface area contributed by atoms with Gasteiger partial charge in [-0.25, -0.2) is 0 Å². The fourth-order valence-electron chi connectivity index (χ4n) is 7.08. The lowest BCUT2D eigenvalue weighted by atomic mass is 9.47. The molecule has 2 fully saturated rings. The number of carbonyl (C=O) groups excluding carboxylic acids is 2. The molecule has 6 atom stereocenters. The lowest BCUT2D eigenvalue weighted by molar-refractivity contribution is -0.148. The molecule has 2 saturated carbocycles. The Morgan fingerprint density at radius 2 is 1.73 bits per heavy atom. The highest BCUT2D eigenvalue weighted by molar-refractivity contribution is 5.95. The summed E-state index contributed by atoms with van der Waals surface area (Å²) in [6.07, 6.45) is 12.3. The molecule has 3 heteroatoms. The van der Waals surface area contributed by atoms with Crippen LogP contribution < -0.4 is 0 Å². The van der Waals surface area contributed by atoms with E-state index in [0.717, 1.165) is 44.1 Å². The van der Waals surface area contributed by atoms with Gasteiger partial charge in [0.25, 0.3) is 0 Å². The van der Waals surface area contributed by atoms with Crippen LogP contribution in [0.1, 0.15) is 72.6 Å². The highest BCUT2D eigenvalue weighted by atomic mass is 16.5. The van der Waals surface area contributed by atoms with Crippen molar-refractivity contribution in [3.63, 3.8) is 0 Å². The average molecular weight is 357 g/mol. The van der Waals surface area contributed by atoms with Gasteiger partial charge in [-0.1, -0.05) is 31.6 Å². The van der Waals surface area contributed by atoms with Crippen molar-refractivity contribution in [3.05, 3.63) is 23.3 Å². The van der Waals surface area contributed by atoms with Crippen LogP contribution in [-0.4, -0.2) is 17.9 Å². The molecule has 0 amide bonds. The van der Waals surface area contributed by atoms with Gasteiger partial charge in [0.05, 0.1) is 0 Å². The maximum atomic E-state index is 12.2. The van der Waals surface area contributed by atoms with E-state index in [1.54, 1.807) is 6.92 Å². The molecule has 4 aliphatic rings. The monoisotopic (exact) mass is 356 g/mol. The smallest absolute Gasteiger partial charge is 0.302 e. The summed E-state index contributed by atoms with van der Waals surface area (Å²) >= 11 is 0. The zero-order valence-electron chi connectivity index (χ0n) is 16.6. The predicted octanol–water partition coefficient (Wildman–Crippen LogP) is 5.01. The number of hydrogen-bond donors (Lipinski definition) is 0. The summed E-state index contributed by atoms with van der Waals surface area (Å²) < 4.78 is 5.52. The number of ether oxygens (including phenoxy) is 1. The molecule has 0 unspecified atom stereocenters. The van der Waals surface area contributed by atoms with E-state index in [2.05, 4.69) is 26.0 Å². The molecule has 0 bridgehead atoms. The van der Waals surface area contributed by atoms with E-state index in [-0.39, 0.29) is 28.7 Å². The van der Waals surface area contributed by atoms with Crippen molar-refractivity contribution in [2.45, 2.75) is 78.7 Å². The summed E-state index contributed by atoms with van der Waals surface area (Å²) in [7, 11) is 0. The lowest BCUT2D eigenvalue weighted by Crippen LogP contribution is -2.50. The van der Waals surface area contributed by atoms with E-state index in [1.807, 2.05) is 0 Å². The van der Waals surface area contributed by atoms with E-state index in [1.165, 1.54) is 18.9 Å². The van der Waals surface area contributed by atoms with Gasteiger partial charge in [-0.2, -0.15) is 0 Å². The average Bonchev–Trinajstić information content (AvgIpc) is 2.92. The van der Waals surface area contributed by atoms with Crippen LogP contribution in [0.25, 0.3) is 0 Å². The molecule has 4 rings (SSSR count). The Hall–Kier alpha value is -1.38. The molecular weight excluding hydrogens is 324 g/mol. The first-order valence-corrected chi connectivity index (χ1v) is 10.3. The first-order chi connectivity index (χ1) is 12.3. The van der Waals surface area contributed by atoms with Gasteiger partial charge in [0.15, 0.2) is 5.78 Å². The maximum absolute atomic E-state index is 12.2. The van der Waals surface area contributed by atoms with Crippen LogP contribution in [0.2, 0.25) is 0 Å². The third kappa shape index (κ3) is 2.53. The molecule has 0 radical (unpaired) electrons. The van der Waals surface area contributed by atoms with Crippen LogP contribution in [0.15, 0.2) is 23.3 Å². The Morgan fingerprint density at radius 1 is 1.00 bits per heavy atom. The van der Waals surface area contributed by atoms with E-state index < -0.39 is 0 Å². The summed E-state index contributed by atoms with van der Waals surface area (Å²) in [6, 6.07) is 0. The van der Waals surface area contributed by atoms with Crippen molar-refractivity contribution in [1.82, 2.24) is 0 Å². The highest BCUT2D eigenvalue weighted by Gasteiger charge is 2.57. The third-order valence-electron chi connectivity index (χ3n) is 8.35. The first kappa shape index (κ1) is 18.0. The number of rotatable bonds is 2. The van der Waals surface area contributed by atoms with Crippen LogP contribution >= 0.6 is 0 Å². The second kappa shape index (κ2) is 6.07. The Labute approximate surface area is 157 Å². The Balaban J connectivity index is 1.59. The van der Waals surface area contributed by atoms with Gasteiger partial charge in [-0.05, 0) is 79.6 Å². The molecule has 3 nitrogen and oxygen atoms in total. The van der Waals surface area contributed by atoms with Crippen LogP contribution in [0.5, 0.6) is 0 Å². The largest absolute Gasteiger partial charge is 0.462 e. The molecule has 0 saturated heterocycles. The number of ketones is 1. The summed E-state index contributed by atoms with van der Waals surface area (Å²) in [5, 5.41) is 0. The molecule has 0 aromatic heterocycles. The van der Waals surface area contributed by atoms with Crippen LogP contribution in [0, 0.1) is 28.6 Å². The van der Waals surface area contributed by atoms with Crippen LogP contribution in [-0.2, 0) is 14.3 Å². The van der Waals surface area contributed by atoms with Gasteiger partial charge in [0.1, 0.15) is 6.10 Å². The fourth-order valence-corrected chi connectivity index (χ4v) is 7.08. The first-order valence-electron chi connectivity index (χ1n) is 10.3. The highest BCUT2D eigenvalue weighted by Crippen LogP contribution is 2.65. The third-order valence-corrected chi connectivity index (χ3v) is 8.35. The van der Waals surface area contributed by atoms with Crippen molar-refractivity contribution in [1.29, 1.82) is 0 Å². The molecule has 0 aromatic rings. The van der Waals surface area contributed by atoms with Crippen molar-refractivity contribution >= 4 is 11.8 Å². The summed E-state index contributed by atoms with van der Waals surface area (Å²) in [6.45, 7) is 8.05. The molecule has 4 aliphatic carbocycles. The van der Waals surface area contributed by atoms with Crippen molar-refractivity contribution in [3.8, 4) is 0 Å². The zero-order valence-corrected chi connectivity index (χ0v) is 16.6. The van der Waals surface area contributed by atoms with Crippen molar-refractivity contribution in [2.75, 3.05) is 0 Å². The number of fused-ring (bicyclic) bond motifs is 5. The second-order valence-electron chi connectivity index (χ2n) is 9.60. The van der Waals surface area contributed by atoms with Gasteiger partial charge in [0.2, 0.25) is 0 Å². The minimum atomic E-state index is -0.157. The predicted molar refractivity (Wildman–Crippen MR) is 101 cm³/mol. The molecule has 0 heterocycles. The van der Waals surface area contributed by atoms with E-state index >= 15 is 0 Å². The number of hydrogen-bond acceptors (Lipinski definition) is 3. The zero-order chi connectivity index (χ0) is 18.7. The molecule has 0 aliphatic heterocycles. The van der Waals surface area contributed by atoms with Crippen LogP contribution in [0.4, 0.5) is 0 Å². The number of Topliss-reactive ketones (excluding diaryl/α,β-unsaturated/α-hetero) is 1. The normalized spacial score (nSPS) is 44.2. The number of carbonyl (C=O) groups is 2. The van der Waals surface area contributed by atoms with Crippen molar-refractivity contribution in [2.24, 2.45) is 28.6 Å². The molecule has 142 valence electrons. The lowest BCUT2D eigenvalue weighted by Gasteiger charge is -2.57. The van der Waals surface area contributed by atoms with Gasteiger partial charge in [0, 0.05) is 13.3 Å². The van der Waals surface area contributed by atoms with Gasteiger partial charge < -0.3 is 4.74 Å². The fraction of sp³-hybridized carbons (Fsp3) is 0.739. The molecule has 0 spiro atoms. The van der Waals surface area contributed by atoms with Gasteiger partial charge in [-0.15, -0.1) is 0 Å². The Kier molecular flexibility index (Phi) is 4.20. The van der Waals surface area contributed by atoms with Gasteiger partial charge in [-0.3, -0.25) is 9.59 Å². The minimum absolute atomic E-state index is 0.0645. The Morgan fingerprint density at radius 3 is 2.42 bits per heavy atom. The SMILES string of the molecule is CC(=O)O[C@@H]1CC[C@@]2(C)C(=CC[C@@H]3[C@H]4CC=C(C(C)=O)[C@]4(C)CC[C@@H]32)C1. The topological polar surface area (TPSA) is 43.4 Å². The van der Waals surface area contributed by atoms with Crippen LogP contribution in [0.3, 0.4) is 0 Å². The summed E-state index contributed by atoms with van der Waals surface area (Å²) in [4.78, 5) is 23.5. The molecule has 0 aromatic carbocycles. The minimum Gasteiger partial charge on any atom is -0.462 e. The maximum Gasteiger partial charge on any atom is 0.302 e. The van der Waals surface area contributed by atoms with Crippen molar-refractivity contribution < 1.29 is 14.3 Å². The molecular formula is C23H32O3. The standard InChI is InChI=1S/C23H32O3/c1-14(24)19-7-8-20-18-6-5-16-13-17(26-15(2)25)9-11-22(16,3)21(18)10-12-23(19,20)4/h5,7,17-18,20-21H,6,8-13H2,1-4H3/t17-,18-,20-,21+,22+,23+/m1/s1. The second-order valence-corrected chi connectivity index (χ2v) is 9.60. The van der Waals surface area contributed by atoms with Gasteiger partial charge >= 0.3 is 5.97 Å². The van der Waals surface area contributed by atoms with E-state index in [4.69, 9.17) is 4.74 Å². The molecule has 0 N–H and O–H groups in total. The number of allylic oxidation sites excluding steroid dienone is 3. The summed E-state index contributed by atoms with van der Waals surface area (Å²) in [5.41, 5.74) is 2.96. The molecule has 26 heavy (non-hydrogen) atoms.